The van der Waals surface area contributed by atoms with Gasteiger partial charge < -0.3 is 14.2 Å². The minimum Gasteiger partial charge on any atom is -0.462 e. The van der Waals surface area contributed by atoms with E-state index in [-0.39, 0.29) is 31.1 Å². The molecule has 0 fully saturated rings. The van der Waals surface area contributed by atoms with Crippen molar-refractivity contribution in [3.8, 4) is 0 Å². The summed E-state index contributed by atoms with van der Waals surface area (Å²) in [5, 5.41) is 0. The van der Waals surface area contributed by atoms with Crippen molar-refractivity contribution in [3.63, 3.8) is 0 Å². The first-order valence-corrected chi connectivity index (χ1v) is 24.7. The maximum Gasteiger partial charge on any atom is 0.306 e. The Bertz CT molecular complexity index is 854. The van der Waals surface area contributed by atoms with Crippen LogP contribution in [0, 0.1) is 11.8 Å². The van der Waals surface area contributed by atoms with Crippen LogP contribution in [0.25, 0.3) is 0 Å². The molecule has 0 N–H and O–H groups in total. The molecule has 0 unspecified atom stereocenters. The highest BCUT2D eigenvalue weighted by Crippen LogP contribution is 2.17. The van der Waals surface area contributed by atoms with E-state index in [1.54, 1.807) is 0 Å². The van der Waals surface area contributed by atoms with Gasteiger partial charge in [0.05, 0.1) is 0 Å². The summed E-state index contributed by atoms with van der Waals surface area (Å²) in [6.45, 7) is 11.3. The third-order valence-corrected chi connectivity index (χ3v) is 11.2. The Labute approximate surface area is 348 Å². The van der Waals surface area contributed by atoms with Gasteiger partial charge in [0.25, 0.3) is 0 Å². The van der Waals surface area contributed by atoms with Gasteiger partial charge in [0.1, 0.15) is 13.2 Å². The lowest BCUT2D eigenvalue weighted by atomic mass is 10.0. The summed E-state index contributed by atoms with van der Waals surface area (Å²) >= 11 is 0. The van der Waals surface area contributed by atoms with Gasteiger partial charge in [-0.1, -0.05) is 234 Å². The van der Waals surface area contributed by atoms with E-state index in [1.807, 2.05) is 0 Å². The van der Waals surface area contributed by atoms with Gasteiger partial charge in [-0.05, 0) is 31.1 Å². The maximum absolute atomic E-state index is 12.7. The summed E-state index contributed by atoms with van der Waals surface area (Å²) in [4.78, 5) is 37.8. The van der Waals surface area contributed by atoms with Crippen LogP contribution in [0.1, 0.15) is 272 Å². The van der Waals surface area contributed by atoms with Crippen molar-refractivity contribution in [1.82, 2.24) is 0 Å². The molecule has 56 heavy (non-hydrogen) atoms. The summed E-state index contributed by atoms with van der Waals surface area (Å²) in [5.41, 5.74) is 0. The summed E-state index contributed by atoms with van der Waals surface area (Å²) in [5.74, 6) is 0.756. The number of unbranched alkanes of at least 4 members (excludes halogenated alkanes) is 29. The van der Waals surface area contributed by atoms with Crippen LogP contribution >= 0.6 is 0 Å². The smallest absolute Gasteiger partial charge is 0.306 e. The zero-order valence-electron chi connectivity index (χ0n) is 38.3. The van der Waals surface area contributed by atoms with E-state index in [9.17, 15) is 14.4 Å². The second kappa shape index (κ2) is 43.0. The van der Waals surface area contributed by atoms with Crippen LogP contribution in [-0.4, -0.2) is 37.2 Å². The second-order valence-corrected chi connectivity index (χ2v) is 18.1. The second-order valence-electron chi connectivity index (χ2n) is 18.1. The monoisotopic (exact) mass is 793 g/mol. The van der Waals surface area contributed by atoms with Gasteiger partial charge in [0.15, 0.2) is 6.10 Å². The molecule has 0 spiro atoms. The minimum absolute atomic E-state index is 0.0647. The Balaban J connectivity index is 4.23. The molecule has 6 nitrogen and oxygen atoms in total. The van der Waals surface area contributed by atoms with Crippen molar-refractivity contribution in [3.05, 3.63) is 0 Å². The predicted octanol–water partition coefficient (Wildman–Crippen LogP) is 15.8. The van der Waals surface area contributed by atoms with Gasteiger partial charge in [-0.3, -0.25) is 14.4 Å². The first-order valence-electron chi connectivity index (χ1n) is 24.7. The molecule has 0 radical (unpaired) electrons. The molecule has 0 aromatic rings. The van der Waals surface area contributed by atoms with Crippen LogP contribution in [0.5, 0.6) is 0 Å². The van der Waals surface area contributed by atoms with Gasteiger partial charge in [0, 0.05) is 19.3 Å². The van der Waals surface area contributed by atoms with Crippen LogP contribution in [0.15, 0.2) is 0 Å². The first kappa shape index (κ1) is 54.4. The molecule has 0 rings (SSSR count). The van der Waals surface area contributed by atoms with Crippen molar-refractivity contribution in [2.24, 2.45) is 11.8 Å². The molecule has 6 heteroatoms. The van der Waals surface area contributed by atoms with Crippen LogP contribution in [-0.2, 0) is 28.6 Å². The normalized spacial score (nSPS) is 12.1. The van der Waals surface area contributed by atoms with E-state index >= 15 is 0 Å². The number of carbonyl (C=O) groups is 3. The quantitative estimate of drug-likeness (QED) is 0.0347. The van der Waals surface area contributed by atoms with Crippen molar-refractivity contribution >= 4 is 17.9 Å². The Morgan fingerprint density at radius 3 is 0.875 bits per heavy atom. The predicted molar refractivity (Wildman–Crippen MR) is 238 cm³/mol. The number of carbonyl (C=O) groups excluding carboxylic acids is 3. The summed E-state index contributed by atoms with van der Waals surface area (Å²) < 4.78 is 16.7. The van der Waals surface area contributed by atoms with Crippen LogP contribution in [0.4, 0.5) is 0 Å². The van der Waals surface area contributed by atoms with Gasteiger partial charge >= 0.3 is 17.9 Å². The molecule has 1 atom stereocenters. The van der Waals surface area contributed by atoms with Crippen molar-refractivity contribution in [2.45, 2.75) is 278 Å². The molecule has 0 bridgehead atoms. The molecular formula is C50H96O6. The summed E-state index contributed by atoms with van der Waals surface area (Å²) in [6, 6.07) is 0. The largest absolute Gasteiger partial charge is 0.462 e. The van der Waals surface area contributed by atoms with Crippen LogP contribution in [0.3, 0.4) is 0 Å². The standard InChI is InChI=1S/C50H96O6/c1-6-7-8-9-10-11-17-22-25-32-37-42-50(53)56-47(44-55-49(52)41-36-31-27-26-29-34-39-46(4)5)43-54-48(51)40-35-30-24-21-19-16-14-12-13-15-18-20-23-28-33-38-45(2)3/h45-47H,6-44H2,1-5H3/t47-/m0/s1. The highest BCUT2D eigenvalue weighted by Gasteiger charge is 2.19. The molecule has 0 heterocycles. The fourth-order valence-electron chi connectivity index (χ4n) is 7.46. The lowest BCUT2D eigenvalue weighted by Gasteiger charge is -2.18. The highest BCUT2D eigenvalue weighted by atomic mass is 16.6. The van der Waals surface area contributed by atoms with Gasteiger partial charge in [0.2, 0.25) is 0 Å². The molecular weight excluding hydrogens is 697 g/mol. The molecule has 0 aromatic carbocycles. The van der Waals surface area contributed by atoms with E-state index in [2.05, 4.69) is 34.6 Å². The number of hydrogen-bond donors (Lipinski definition) is 0. The zero-order chi connectivity index (χ0) is 41.2. The third kappa shape index (κ3) is 43.5. The lowest BCUT2D eigenvalue weighted by molar-refractivity contribution is -0.167. The number of rotatable bonds is 44. The Morgan fingerprint density at radius 1 is 0.339 bits per heavy atom. The molecule has 0 saturated carbocycles. The van der Waals surface area contributed by atoms with Crippen molar-refractivity contribution < 1.29 is 28.6 Å². The molecule has 0 aliphatic heterocycles. The SMILES string of the molecule is CCCCCCCCCCCCCC(=O)O[C@@H](COC(=O)CCCCCCCCCCCCCCCCCC(C)C)COC(=O)CCCCCCCCC(C)C. The average Bonchev–Trinajstić information content (AvgIpc) is 3.16. The lowest BCUT2D eigenvalue weighted by Crippen LogP contribution is -2.30. The van der Waals surface area contributed by atoms with Gasteiger partial charge in [-0.15, -0.1) is 0 Å². The Hall–Kier alpha value is -1.59. The number of esters is 3. The maximum atomic E-state index is 12.7. The molecule has 0 aromatic heterocycles. The molecule has 0 aliphatic carbocycles. The summed E-state index contributed by atoms with van der Waals surface area (Å²) in [7, 11) is 0. The highest BCUT2D eigenvalue weighted by molar-refractivity contribution is 5.71. The zero-order valence-corrected chi connectivity index (χ0v) is 38.3. The topological polar surface area (TPSA) is 78.9 Å². The van der Waals surface area contributed by atoms with Crippen molar-refractivity contribution in [2.75, 3.05) is 13.2 Å². The van der Waals surface area contributed by atoms with Crippen LogP contribution < -0.4 is 0 Å². The minimum atomic E-state index is -0.761. The van der Waals surface area contributed by atoms with Gasteiger partial charge in [-0.25, -0.2) is 0 Å². The molecule has 0 saturated heterocycles. The molecule has 0 amide bonds. The third-order valence-electron chi connectivity index (χ3n) is 11.2. The van der Waals surface area contributed by atoms with E-state index in [0.29, 0.717) is 19.3 Å². The average molecular weight is 793 g/mol. The number of hydrogen-bond acceptors (Lipinski definition) is 6. The van der Waals surface area contributed by atoms with E-state index in [4.69, 9.17) is 14.2 Å². The van der Waals surface area contributed by atoms with E-state index in [1.165, 1.54) is 161 Å². The van der Waals surface area contributed by atoms with Crippen LogP contribution in [0.2, 0.25) is 0 Å². The van der Waals surface area contributed by atoms with Gasteiger partial charge in [-0.2, -0.15) is 0 Å². The Morgan fingerprint density at radius 2 is 0.589 bits per heavy atom. The fraction of sp³-hybridized carbons (Fsp3) is 0.940. The van der Waals surface area contributed by atoms with E-state index < -0.39 is 6.10 Å². The number of ether oxygens (including phenoxy) is 3. The molecule has 332 valence electrons. The first-order chi connectivity index (χ1) is 27.2. The van der Waals surface area contributed by atoms with E-state index in [0.717, 1.165) is 69.6 Å². The van der Waals surface area contributed by atoms with Crippen molar-refractivity contribution in [1.29, 1.82) is 0 Å². The Kier molecular flexibility index (Phi) is 41.8. The molecule has 0 aliphatic rings. The summed E-state index contributed by atoms with van der Waals surface area (Å²) in [6.07, 6.45) is 42.5. The fourth-order valence-corrected chi connectivity index (χ4v) is 7.46.